The molecule has 110 valence electrons. The number of aromatic nitrogens is 2. The van der Waals surface area contributed by atoms with E-state index in [1.54, 1.807) is 24.0 Å². The minimum absolute atomic E-state index is 0.0234. The van der Waals surface area contributed by atoms with Gasteiger partial charge >= 0.3 is 0 Å². The Kier molecular flexibility index (Phi) is 4.44. The molecule has 21 heavy (non-hydrogen) atoms. The fourth-order valence-corrected chi connectivity index (χ4v) is 2.09. The number of aryl methyl sites for hydroxylation is 1. The highest BCUT2D eigenvalue weighted by atomic mass is 35.5. The maximum absolute atomic E-state index is 12.1. The van der Waals surface area contributed by atoms with E-state index in [0.29, 0.717) is 0 Å². The van der Waals surface area contributed by atoms with Gasteiger partial charge in [0.1, 0.15) is 0 Å². The topological polar surface area (TPSA) is 90.1 Å². The van der Waals surface area contributed by atoms with Crippen LogP contribution in [0, 0.1) is 10.1 Å². The highest BCUT2D eigenvalue weighted by Gasteiger charge is 2.19. The average Bonchev–Trinajstić information content (AvgIpc) is 2.84. The van der Waals surface area contributed by atoms with Crippen LogP contribution in [-0.2, 0) is 13.6 Å². The van der Waals surface area contributed by atoms with Crippen LogP contribution < -0.4 is 5.32 Å². The van der Waals surface area contributed by atoms with Crippen molar-refractivity contribution in [3.63, 3.8) is 0 Å². The number of benzene rings is 1. The van der Waals surface area contributed by atoms with Crippen molar-refractivity contribution in [2.75, 3.05) is 0 Å². The zero-order chi connectivity index (χ0) is 15.6. The minimum atomic E-state index is -0.639. The van der Waals surface area contributed by atoms with Crippen molar-refractivity contribution in [2.45, 2.75) is 6.54 Å². The van der Waals surface area contributed by atoms with E-state index in [-0.39, 0.29) is 27.8 Å². The molecule has 1 aromatic heterocycles. The van der Waals surface area contributed by atoms with Crippen molar-refractivity contribution in [1.82, 2.24) is 15.1 Å². The van der Waals surface area contributed by atoms with Gasteiger partial charge in [0.2, 0.25) is 0 Å². The molecule has 0 aliphatic heterocycles. The molecule has 1 heterocycles. The summed E-state index contributed by atoms with van der Waals surface area (Å²) in [5.41, 5.74) is 0.434. The summed E-state index contributed by atoms with van der Waals surface area (Å²) in [5, 5.41) is 17.3. The van der Waals surface area contributed by atoms with Crippen LogP contribution in [0.3, 0.4) is 0 Å². The molecule has 1 amide bonds. The van der Waals surface area contributed by atoms with Gasteiger partial charge in [0, 0.05) is 25.4 Å². The Balaban J connectivity index is 2.22. The van der Waals surface area contributed by atoms with Crippen LogP contribution in [-0.4, -0.2) is 20.6 Å². The fraction of sp³-hybridized carbons (Fsp3) is 0.167. The van der Waals surface area contributed by atoms with Gasteiger partial charge in [0.15, 0.2) is 0 Å². The molecule has 0 spiro atoms. The molecule has 0 saturated heterocycles. The Hall–Kier alpha value is -2.12. The molecule has 2 rings (SSSR count). The molecular weight excluding hydrogens is 319 g/mol. The SMILES string of the molecule is Cn1nccc1CNC(=O)c1cc([N+](=O)[O-])cc(Cl)c1Cl. The second kappa shape index (κ2) is 6.11. The smallest absolute Gasteiger partial charge is 0.271 e. The first kappa shape index (κ1) is 15.3. The first-order chi connectivity index (χ1) is 9.90. The van der Waals surface area contributed by atoms with Gasteiger partial charge in [-0.15, -0.1) is 0 Å². The van der Waals surface area contributed by atoms with E-state index in [1.165, 1.54) is 0 Å². The maximum Gasteiger partial charge on any atom is 0.271 e. The van der Waals surface area contributed by atoms with E-state index in [1.807, 2.05) is 0 Å². The second-order valence-corrected chi connectivity index (χ2v) is 4.96. The highest BCUT2D eigenvalue weighted by Crippen LogP contribution is 2.30. The molecule has 0 radical (unpaired) electrons. The van der Waals surface area contributed by atoms with E-state index in [9.17, 15) is 14.9 Å². The lowest BCUT2D eigenvalue weighted by atomic mass is 10.2. The lowest BCUT2D eigenvalue weighted by Gasteiger charge is -2.08. The zero-order valence-electron chi connectivity index (χ0n) is 10.8. The molecule has 0 unspecified atom stereocenters. The van der Waals surface area contributed by atoms with Crippen molar-refractivity contribution in [3.05, 3.63) is 55.8 Å². The number of nitro benzene ring substituents is 1. The molecule has 9 heteroatoms. The van der Waals surface area contributed by atoms with Gasteiger partial charge in [0.25, 0.3) is 11.6 Å². The number of hydrogen-bond donors (Lipinski definition) is 1. The maximum atomic E-state index is 12.1. The predicted octanol–water partition coefficient (Wildman–Crippen LogP) is 2.57. The van der Waals surface area contributed by atoms with E-state index in [0.717, 1.165) is 17.8 Å². The van der Waals surface area contributed by atoms with Gasteiger partial charge in [-0.1, -0.05) is 23.2 Å². The Morgan fingerprint density at radius 2 is 2.19 bits per heavy atom. The molecule has 0 atom stereocenters. The fourth-order valence-electron chi connectivity index (χ4n) is 1.69. The Bertz CT molecular complexity index is 715. The predicted molar refractivity (Wildman–Crippen MR) is 77.5 cm³/mol. The average molecular weight is 329 g/mol. The summed E-state index contributed by atoms with van der Waals surface area (Å²) >= 11 is 11.7. The molecule has 2 aromatic rings. The first-order valence-electron chi connectivity index (χ1n) is 5.78. The molecule has 0 fully saturated rings. The molecule has 0 saturated carbocycles. The second-order valence-electron chi connectivity index (χ2n) is 4.18. The summed E-state index contributed by atoms with van der Waals surface area (Å²) in [4.78, 5) is 22.2. The summed E-state index contributed by atoms with van der Waals surface area (Å²) in [6.45, 7) is 0.214. The number of amides is 1. The van der Waals surface area contributed by atoms with Crippen LogP contribution in [0.5, 0.6) is 0 Å². The van der Waals surface area contributed by atoms with E-state index in [2.05, 4.69) is 10.4 Å². The molecule has 1 aromatic carbocycles. The van der Waals surface area contributed by atoms with Gasteiger partial charge in [-0.25, -0.2) is 0 Å². The zero-order valence-corrected chi connectivity index (χ0v) is 12.4. The van der Waals surface area contributed by atoms with Crippen molar-refractivity contribution in [3.8, 4) is 0 Å². The highest BCUT2D eigenvalue weighted by molar-refractivity contribution is 6.44. The van der Waals surface area contributed by atoms with Crippen LogP contribution in [0.4, 0.5) is 5.69 Å². The minimum Gasteiger partial charge on any atom is -0.346 e. The van der Waals surface area contributed by atoms with Gasteiger partial charge in [-0.05, 0) is 6.07 Å². The third-order valence-electron chi connectivity index (χ3n) is 2.82. The van der Waals surface area contributed by atoms with E-state index in [4.69, 9.17) is 23.2 Å². The molecule has 1 N–H and O–H groups in total. The molecule has 0 aliphatic rings. The lowest BCUT2D eigenvalue weighted by molar-refractivity contribution is -0.384. The number of hydrogen-bond acceptors (Lipinski definition) is 4. The molecule has 0 bridgehead atoms. The monoisotopic (exact) mass is 328 g/mol. The van der Waals surface area contributed by atoms with Crippen molar-refractivity contribution < 1.29 is 9.72 Å². The van der Waals surface area contributed by atoms with E-state index < -0.39 is 10.8 Å². The summed E-state index contributed by atoms with van der Waals surface area (Å²) in [6.07, 6.45) is 1.60. The number of nitrogens with zero attached hydrogens (tertiary/aromatic N) is 3. The van der Waals surface area contributed by atoms with Crippen molar-refractivity contribution >= 4 is 34.8 Å². The third kappa shape index (κ3) is 3.32. The van der Waals surface area contributed by atoms with Crippen molar-refractivity contribution in [1.29, 1.82) is 0 Å². The number of nitrogens with one attached hydrogen (secondary N) is 1. The number of halogens is 2. The van der Waals surface area contributed by atoms with Crippen LogP contribution in [0.1, 0.15) is 16.1 Å². The van der Waals surface area contributed by atoms with E-state index >= 15 is 0 Å². The summed E-state index contributed by atoms with van der Waals surface area (Å²) in [6, 6.07) is 3.93. The van der Waals surface area contributed by atoms with Gasteiger partial charge in [-0.2, -0.15) is 5.10 Å². The summed E-state index contributed by atoms with van der Waals surface area (Å²) in [7, 11) is 1.73. The van der Waals surface area contributed by atoms with Crippen LogP contribution in [0.2, 0.25) is 10.0 Å². The largest absolute Gasteiger partial charge is 0.346 e. The molecule has 0 aliphatic carbocycles. The number of rotatable bonds is 4. The normalized spacial score (nSPS) is 10.4. The number of carbonyl (C=O) groups excluding carboxylic acids is 1. The number of carbonyl (C=O) groups is 1. The Morgan fingerprint density at radius 3 is 2.76 bits per heavy atom. The quantitative estimate of drug-likeness (QED) is 0.689. The first-order valence-corrected chi connectivity index (χ1v) is 6.54. The van der Waals surface area contributed by atoms with Crippen molar-refractivity contribution in [2.24, 2.45) is 7.05 Å². The van der Waals surface area contributed by atoms with Crippen LogP contribution >= 0.6 is 23.2 Å². The number of non-ortho nitro benzene ring substituents is 1. The summed E-state index contributed by atoms with van der Waals surface area (Å²) < 4.78 is 1.60. The Labute approximate surface area is 129 Å². The molecular formula is C12H10Cl2N4O3. The number of nitro groups is 1. The third-order valence-corrected chi connectivity index (χ3v) is 3.62. The Morgan fingerprint density at radius 1 is 1.48 bits per heavy atom. The van der Waals surface area contributed by atoms with Crippen LogP contribution in [0.25, 0.3) is 0 Å². The van der Waals surface area contributed by atoms with Gasteiger partial charge in [0.05, 0.1) is 32.8 Å². The molecule has 7 nitrogen and oxygen atoms in total. The standard InChI is InChI=1S/C12H10Cl2N4O3/c1-17-7(2-3-16-17)6-15-12(19)9-4-8(18(20)21)5-10(13)11(9)14/h2-5H,6H2,1H3,(H,15,19). The van der Waals surface area contributed by atoms with Gasteiger partial charge in [-0.3, -0.25) is 19.6 Å². The summed E-state index contributed by atoms with van der Waals surface area (Å²) in [5.74, 6) is -0.549. The lowest BCUT2D eigenvalue weighted by Crippen LogP contribution is -2.24. The van der Waals surface area contributed by atoms with Gasteiger partial charge < -0.3 is 5.32 Å². The van der Waals surface area contributed by atoms with Crippen LogP contribution in [0.15, 0.2) is 24.4 Å².